The maximum Gasteiger partial charge on any atom is 0.187 e. The van der Waals surface area contributed by atoms with Crippen molar-refractivity contribution in [1.82, 2.24) is 10.7 Å². The van der Waals surface area contributed by atoms with Gasteiger partial charge in [-0.3, -0.25) is 5.43 Å². The summed E-state index contributed by atoms with van der Waals surface area (Å²) in [6.07, 6.45) is 1.78. The van der Waals surface area contributed by atoms with Crippen molar-refractivity contribution < 1.29 is 0 Å². The fourth-order valence-corrected chi connectivity index (χ4v) is 1.71. The van der Waals surface area contributed by atoms with E-state index in [2.05, 4.69) is 47.9 Å². The van der Waals surface area contributed by atoms with Crippen molar-refractivity contribution >= 4 is 23.5 Å². The lowest BCUT2D eigenvalue weighted by atomic mass is 10.1. The summed E-state index contributed by atoms with van der Waals surface area (Å²) >= 11 is 5.06. The maximum absolute atomic E-state index is 5.06. The molecule has 0 aliphatic heterocycles. The number of hydrazone groups is 1. The van der Waals surface area contributed by atoms with Gasteiger partial charge in [0.15, 0.2) is 5.11 Å². The third kappa shape index (κ3) is 4.95. The highest BCUT2D eigenvalue weighted by Crippen LogP contribution is 2.07. The van der Waals surface area contributed by atoms with Crippen LogP contribution in [0.25, 0.3) is 0 Å². The number of aryl methyl sites for hydroxylation is 2. The molecule has 0 aromatic heterocycles. The van der Waals surface area contributed by atoms with Crippen LogP contribution >= 0.6 is 12.2 Å². The zero-order valence-corrected chi connectivity index (χ0v) is 11.6. The zero-order valence-electron chi connectivity index (χ0n) is 10.7. The molecule has 3 nitrogen and oxygen atoms in total. The lowest BCUT2D eigenvalue weighted by Gasteiger charge is -2.09. The molecule has 2 N–H and O–H groups in total. The Balaban J connectivity index is 2.56. The van der Waals surface area contributed by atoms with E-state index in [1.807, 2.05) is 13.8 Å². The fourth-order valence-electron chi connectivity index (χ4n) is 1.43. The van der Waals surface area contributed by atoms with Crippen LogP contribution in [0.2, 0.25) is 0 Å². The summed E-state index contributed by atoms with van der Waals surface area (Å²) in [6, 6.07) is 6.56. The molecule has 0 spiro atoms. The Morgan fingerprint density at radius 2 is 2.06 bits per heavy atom. The summed E-state index contributed by atoms with van der Waals surface area (Å²) in [5, 5.41) is 7.71. The van der Waals surface area contributed by atoms with Gasteiger partial charge in [0.25, 0.3) is 0 Å². The van der Waals surface area contributed by atoms with Gasteiger partial charge in [0, 0.05) is 6.04 Å². The van der Waals surface area contributed by atoms with E-state index in [1.165, 1.54) is 11.1 Å². The molecule has 0 saturated heterocycles. The van der Waals surface area contributed by atoms with Crippen molar-refractivity contribution in [3.05, 3.63) is 34.9 Å². The Morgan fingerprint density at radius 3 is 2.65 bits per heavy atom. The van der Waals surface area contributed by atoms with Crippen LogP contribution < -0.4 is 10.7 Å². The molecule has 0 aliphatic carbocycles. The molecule has 0 unspecified atom stereocenters. The van der Waals surface area contributed by atoms with E-state index in [4.69, 9.17) is 12.2 Å². The second kappa shape index (κ2) is 6.35. The first kappa shape index (κ1) is 13.6. The van der Waals surface area contributed by atoms with E-state index in [9.17, 15) is 0 Å². The lowest BCUT2D eigenvalue weighted by molar-refractivity contribution is 0.720. The minimum absolute atomic E-state index is 0.311. The molecule has 0 saturated carbocycles. The predicted octanol–water partition coefficient (Wildman–Crippen LogP) is 2.51. The first-order valence-electron chi connectivity index (χ1n) is 5.66. The molecule has 17 heavy (non-hydrogen) atoms. The molecule has 0 amide bonds. The predicted molar refractivity (Wildman–Crippen MR) is 77.5 cm³/mol. The third-order valence-corrected chi connectivity index (χ3v) is 2.42. The lowest BCUT2D eigenvalue weighted by Crippen LogP contribution is -2.36. The molecule has 0 aliphatic rings. The van der Waals surface area contributed by atoms with Gasteiger partial charge in [0.1, 0.15) is 0 Å². The van der Waals surface area contributed by atoms with E-state index in [0.29, 0.717) is 11.2 Å². The van der Waals surface area contributed by atoms with Gasteiger partial charge in [-0.2, -0.15) is 5.10 Å². The van der Waals surface area contributed by atoms with Gasteiger partial charge in [-0.1, -0.05) is 23.8 Å². The van der Waals surface area contributed by atoms with Crippen molar-refractivity contribution in [1.29, 1.82) is 0 Å². The van der Waals surface area contributed by atoms with Crippen molar-refractivity contribution in [2.45, 2.75) is 33.7 Å². The van der Waals surface area contributed by atoms with Crippen LogP contribution in [0.1, 0.15) is 30.5 Å². The van der Waals surface area contributed by atoms with Crippen LogP contribution in [0.15, 0.2) is 23.3 Å². The Bertz CT molecular complexity index is 425. The van der Waals surface area contributed by atoms with Crippen LogP contribution in [-0.4, -0.2) is 17.4 Å². The summed E-state index contributed by atoms with van der Waals surface area (Å²) in [5.74, 6) is 0. The van der Waals surface area contributed by atoms with E-state index < -0.39 is 0 Å². The summed E-state index contributed by atoms with van der Waals surface area (Å²) < 4.78 is 0. The average Bonchev–Trinajstić information content (AvgIpc) is 2.20. The molecule has 0 heterocycles. The zero-order chi connectivity index (χ0) is 12.8. The van der Waals surface area contributed by atoms with Gasteiger partial charge in [0.05, 0.1) is 6.21 Å². The number of thiocarbonyl (C=S) groups is 1. The third-order valence-electron chi connectivity index (χ3n) is 2.21. The van der Waals surface area contributed by atoms with Crippen LogP contribution in [0.4, 0.5) is 0 Å². The maximum atomic E-state index is 5.06. The Morgan fingerprint density at radius 1 is 1.35 bits per heavy atom. The standard InChI is InChI=1S/C13H19N3S/c1-9(2)15-13(17)16-14-8-12-6-5-10(3)7-11(12)4/h5-9H,1-4H3,(H2,15,16,17)/b14-8+. The Kier molecular flexibility index (Phi) is 5.10. The van der Waals surface area contributed by atoms with E-state index in [-0.39, 0.29) is 0 Å². The van der Waals surface area contributed by atoms with Crippen molar-refractivity contribution in [3.8, 4) is 0 Å². The number of hydrogen-bond donors (Lipinski definition) is 2. The van der Waals surface area contributed by atoms with Gasteiger partial charge >= 0.3 is 0 Å². The molecular formula is C13H19N3S. The first-order valence-corrected chi connectivity index (χ1v) is 6.06. The van der Waals surface area contributed by atoms with E-state index >= 15 is 0 Å². The van der Waals surface area contributed by atoms with E-state index in [0.717, 1.165) is 5.56 Å². The van der Waals surface area contributed by atoms with Gasteiger partial charge in [-0.15, -0.1) is 0 Å². The molecule has 0 bridgehead atoms. The SMILES string of the molecule is Cc1ccc(/C=N/NC(=S)NC(C)C)c(C)c1. The fraction of sp³-hybridized carbons (Fsp3) is 0.385. The first-order chi connectivity index (χ1) is 7.99. The number of nitrogens with zero attached hydrogens (tertiary/aromatic N) is 1. The van der Waals surface area contributed by atoms with Crippen molar-refractivity contribution in [2.75, 3.05) is 0 Å². The van der Waals surface area contributed by atoms with Crippen molar-refractivity contribution in [3.63, 3.8) is 0 Å². The number of benzene rings is 1. The largest absolute Gasteiger partial charge is 0.359 e. The smallest absolute Gasteiger partial charge is 0.187 e. The van der Waals surface area contributed by atoms with E-state index in [1.54, 1.807) is 6.21 Å². The molecule has 0 atom stereocenters. The van der Waals surface area contributed by atoms with Crippen molar-refractivity contribution in [2.24, 2.45) is 5.10 Å². The minimum atomic E-state index is 0.311. The van der Waals surface area contributed by atoms with Crippen LogP contribution in [0, 0.1) is 13.8 Å². The van der Waals surface area contributed by atoms with Crippen LogP contribution in [0.3, 0.4) is 0 Å². The molecular weight excluding hydrogens is 230 g/mol. The molecule has 1 aromatic rings. The number of hydrogen-bond acceptors (Lipinski definition) is 2. The normalized spacial score (nSPS) is 10.9. The molecule has 0 fully saturated rings. The highest BCUT2D eigenvalue weighted by molar-refractivity contribution is 7.80. The van der Waals surface area contributed by atoms with Gasteiger partial charge in [-0.25, -0.2) is 0 Å². The highest BCUT2D eigenvalue weighted by atomic mass is 32.1. The molecule has 1 aromatic carbocycles. The summed E-state index contributed by atoms with van der Waals surface area (Å²) in [4.78, 5) is 0. The second-order valence-corrected chi connectivity index (χ2v) is 4.77. The topological polar surface area (TPSA) is 36.4 Å². The number of rotatable bonds is 3. The molecule has 1 rings (SSSR count). The quantitative estimate of drug-likeness (QED) is 0.491. The summed E-state index contributed by atoms with van der Waals surface area (Å²) in [5.41, 5.74) is 6.35. The average molecular weight is 249 g/mol. The second-order valence-electron chi connectivity index (χ2n) is 4.36. The van der Waals surface area contributed by atoms with Gasteiger partial charge in [-0.05, 0) is 51.0 Å². The monoisotopic (exact) mass is 249 g/mol. The Labute approximate surface area is 108 Å². The highest BCUT2D eigenvalue weighted by Gasteiger charge is 1.97. The molecule has 92 valence electrons. The Hall–Kier alpha value is -1.42. The number of nitrogens with one attached hydrogen (secondary N) is 2. The molecule has 4 heteroatoms. The molecule has 0 radical (unpaired) electrons. The van der Waals surface area contributed by atoms with Gasteiger partial charge in [0.2, 0.25) is 0 Å². The van der Waals surface area contributed by atoms with Crippen LogP contribution in [0.5, 0.6) is 0 Å². The summed E-state index contributed by atoms with van der Waals surface area (Å²) in [7, 11) is 0. The van der Waals surface area contributed by atoms with Gasteiger partial charge < -0.3 is 5.32 Å². The van der Waals surface area contributed by atoms with Crippen LogP contribution in [-0.2, 0) is 0 Å². The summed E-state index contributed by atoms with van der Waals surface area (Å²) in [6.45, 7) is 8.20. The minimum Gasteiger partial charge on any atom is -0.359 e.